The number of anilines is 2. The average molecular weight is 375 g/mol. The highest BCUT2D eigenvalue weighted by molar-refractivity contribution is 6.06. The molecule has 3 aromatic rings. The molecule has 0 fully saturated rings. The van der Waals surface area contributed by atoms with Crippen LogP contribution in [0.25, 0.3) is 0 Å². The van der Waals surface area contributed by atoms with Gasteiger partial charge in [-0.2, -0.15) is 0 Å². The maximum atomic E-state index is 13.0. The molecule has 0 radical (unpaired) electrons. The van der Waals surface area contributed by atoms with Crippen molar-refractivity contribution < 1.29 is 14.3 Å². The molecule has 1 amide bonds. The molecule has 0 atom stereocenters. The fourth-order valence-corrected chi connectivity index (χ4v) is 3.11. The first-order valence-electron chi connectivity index (χ1n) is 9.20. The standard InChI is InChI=1S/C22H21N3O3/c1-2-25(18-6-4-3-5-7-18)22(26)17-10-11-23-21(13-17)24-14-16-8-9-19-20(12-16)28-15-27-19/h3-13H,2,14-15H2,1H3,(H,23,24). The van der Waals surface area contributed by atoms with E-state index in [4.69, 9.17) is 9.47 Å². The smallest absolute Gasteiger partial charge is 0.258 e. The maximum absolute atomic E-state index is 13.0. The number of ether oxygens (including phenoxy) is 2. The number of benzene rings is 2. The van der Waals surface area contributed by atoms with E-state index in [1.54, 1.807) is 23.2 Å². The van der Waals surface area contributed by atoms with Crippen molar-refractivity contribution in [2.45, 2.75) is 13.5 Å². The summed E-state index contributed by atoms with van der Waals surface area (Å²) in [4.78, 5) is 19.0. The lowest BCUT2D eigenvalue weighted by Gasteiger charge is -2.21. The van der Waals surface area contributed by atoms with Gasteiger partial charge in [0.15, 0.2) is 11.5 Å². The summed E-state index contributed by atoms with van der Waals surface area (Å²) in [5, 5.41) is 3.27. The predicted octanol–water partition coefficient (Wildman–Crippen LogP) is 4.09. The van der Waals surface area contributed by atoms with Gasteiger partial charge in [-0.25, -0.2) is 4.98 Å². The molecule has 6 heteroatoms. The van der Waals surface area contributed by atoms with E-state index in [0.717, 1.165) is 22.7 Å². The highest BCUT2D eigenvalue weighted by Gasteiger charge is 2.17. The lowest BCUT2D eigenvalue weighted by molar-refractivity contribution is 0.0988. The fourth-order valence-electron chi connectivity index (χ4n) is 3.11. The molecule has 142 valence electrons. The van der Waals surface area contributed by atoms with E-state index < -0.39 is 0 Å². The summed E-state index contributed by atoms with van der Waals surface area (Å²) in [6.07, 6.45) is 1.65. The Labute approximate surface area is 163 Å². The van der Waals surface area contributed by atoms with Gasteiger partial charge >= 0.3 is 0 Å². The van der Waals surface area contributed by atoms with Gasteiger partial charge in [-0.15, -0.1) is 0 Å². The summed E-state index contributed by atoms with van der Waals surface area (Å²) in [7, 11) is 0. The monoisotopic (exact) mass is 375 g/mol. The number of nitrogens with zero attached hydrogens (tertiary/aromatic N) is 2. The first-order valence-corrected chi connectivity index (χ1v) is 9.20. The highest BCUT2D eigenvalue weighted by atomic mass is 16.7. The minimum Gasteiger partial charge on any atom is -0.454 e. The van der Waals surface area contributed by atoms with Crippen LogP contribution >= 0.6 is 0 Å². The molecule has 1 aliphatic heterocycles. The molecule has 0 aliphatic carbocycles. The van der Waals surface area contributed by atoms with Gasteiger partial charge in [0.2, 0.25) is 6.79 Å². The molecule has 2 heterocycles. The molecular formula is C22H21N3O3. The van der Waals surface area contributed by atoms with Gasteiger partial charge in [-0.1, -0.05) is 24.3 Å². The van der Waals surface area contributed by atoms with Crippen LogP contribution in [0.1, 0.15) is 22.8 Å². The molecular weight excluding hydrogens is 354 g/mol. The van der Waals surface area contributed by atoms with E-state index in [2.05, 4.69) is 10.3 Å². The number of hydrogen-bond donors (Lipinski definition) is 1. The highest BCUT2D eigenvalue weighted by Crippen LogP contribution is 2.32. The zero-order valence-corrected chi connectivity index (χ0v) is 15.6. The number of pyridine rings is 1. The largest absolute Gasteiger partial charge is 0.454 e. The number of carbonyl (C=O) groups is 1. The molecule has 2 aromatic carbocycles. The van der Waals surface area contributed by atoms with Crippen LogP contribution in [-0.2, 0) is 6.54 Å². The summed E-state index contributed by atoms with van der Waals surface area (Å²) in [5.41, 5.74) is 2.51. The van der Waals surface area contributed by atoms with Crippen LogP contribution in [0.15, 0.2) is 66.9 Å². The topological polar surface area (TPSA) is 63.7 Å². The molecule has 6 nitrogen and oxygen atoms in total. The van der Waals surface area contributed by atoms with E-state index in [1.165, 1.54) is 0 Å². The number of fused-ring (bicyclic) bond motifs is 1. The van der Waals surface area contributed by atoms with Crippen LogP contribution in [0, 0.1) is 0 Å². The van der Waals surface area contributed by atoms with E-state index in [-0.39, 0.29) is 12.7 Å². The molecule has 0 saturated carbocycles. The second kappa shape index (κ2) is 8.00. The molecule has 0 unspecified atom stereocenters. The molecule has 0 saturated heterocycles. The van der Waals surface area contributed by atoms with Gasteiger partial charge in [0, 0.05) is 30.5 Å². The van der Waals surface area contributed by atoms with Gasteiger partial charge in [-0.3, -0.25) is 4.79 Å². The van der Waals surface area contributed by atoms with E-state index >= 15 is 0 Å². The van der Waals surface area contributed by atoms with Gasteiger partial charge in [0.25, 0.3) is 5.91 Å². The van der Waals surface area contributed by atoms with Crippen LogP contribution in [0.3, 0.4) is 0 Å². The van der Waals surface area contributed by atoms with Crippen LogP contribution in [0.4, 0.5) is 11.5 Å². The number of hydrogen-bond acceptors (Lipinski definition) is 5. The SMILES string of the molecule is CCN(C(=O)c1ccnc(NCc2ccc3c(c2)OCO3)c1)c1ccccc1. The first-order chi connectivity index (χ1) is 13.7. The quantitative estimate of drug-likeness (QED) is 0.703. The second-order valence-electron chi connectivity index (χ2n) is 6.36. The third-order valence-electron chi connectivity index (χ3n) is 4.55. The predicted molar refractivity (Wildman–Crippen MR) is 108 cm³/mol. The van der Waals surface area contributed by atoms with Crippen molar-refractivity contribution in [2.75, 3.05) is 23.6 Å². The Morgan fingerprint density at radius 2 is 1.89 bits per heavy atom. The number of amides is 1. The van der Waals surface area contributed by atoms with Crippen LogP contribution in [-0.4, -0.2) is 24.2 Å². The summed E-state index contributed by atoms with van der Waals surface area (Å²) in [5.74, 6) is 2.10. The van der Waals surface area contributed by atoms with Gasteiger partial charge < -0.3 is 19.7 Å². The molecule has 1 aliphatic rings. The Bertz CT molecular complexity index is 976. The summed E-state index contributed by atoms with van der Waals surface area (Å²) in [6.45, 7) is 3.38. The van der Waals surface area contributed by atoms with Gasteiger partial charge in [-0.05, 0) is 48.9 Å². The number of para-hydroxylation sites is 1. The Kier molecular flexibility index (Phi) is 5.10. The van der Waals surface area contributed by atoms with Crippen molar-refractivity contribution >= 4 is 17.4 Å². The summed E-state index contributed by atoms with van der Waals surface area (Å²) < 4.78 is 10.7. The van der Waals surface area contributed by atoms with Crippen LogP contribution in [0.2, 0.25) is 0 Å². The van der Waals surface area contributed by atoms with Crippen molar-refractivity contribution in [3.05, 3.63) is 78.0 Å². The van der Waals surface area contributed by atoms with E-state index in [1.807, 2.05) is 55.5 Å². The Morgan fingerprint density at radius 3 is 2.71 bits per heavy atom. The van der Waals surface area contributed by atoms with E-state index in [0.29, 0.717) is 24.5 Å². The number of aromatic nitrogens is 1. The van der Waals surface area contributed by atoms with Crippen molar-refractivity contribution in [3.63, 3.8) is 0 Å². The normalized spacial score (nSPS) is 11.9. The van der Waals surface area contributed by atoms with Crippen molar-refractivity contribution in [3.8, 4) is 11.5 Å². The summed E-state index contributed by atoms with van der Waals surface area (Å²) >= 11 is 0. The van der Waals surface area contributed by atoms with Crippen LogP contribution < -0.4 is 19.7 Å². The minimum absolute atomic E-state index is 0.0535. The second-order valence-corrected chi connectivity index (χ2v) is 6.36. The third-order valence-corrected chi connectivity index (χ3v) is 4.55. The Balaban J connectivity index is 1.47. The molecule has 4 rings (SSSR count). The van der Waals surface area contributed by atoms with E-state index in [9.17, 15) is 4.79 Å². The molecule has 1 N–H and O–H groups in total. The zero-order valence-electron chi connectivity index (χ0n) is 15.6. The number of rotatable bonds is 6. The molecule has 0 bridgehead atoms. The van der Waals surface area contributed by atoms with Gasteiger partial charge in [0.05, 0.1) is 0 Å². The lowest BCUT2D eigenvalue weighted by Crippen LogP contribution is -2.30. The molecule has 28 heavy (non-hydrogen) atoms. The van der Waals surface area contributed by atoms with Crippen LogP contribution in [0.5, 0.6) is 11.5 Å². The third kappa shape index (κ3) is 3.76. The maximum Gasteiger partial charge on any atom is 0.258 e. The fraction of sp³-hybridized carbons (Fsp3) is 0.182. The number of carbonyl (C=O) groups excluding carboxylic acids is 1. The molecule has 0 spiro atoms. The Hall–Kier alpha value is -3.54. The number of nitrogens with one attached hydrogen (secondary N) is 1. The first kappa shape index (κ1) is 17.9. The van der Waals surface area contributed by atoms with Gasteiger partial charge in [0.1, 0.15) is 5.82 Å². The van der Waals surface area contributed by atoms with Crippen molar-refractivity contribution in [1.29, 1.82) is 0 Å². The lowest BCUT2D eigenvalue weighted by atomic mass is 10.2. The average Bonchev–Trinajstić information content (AvgIpc) is 3.21. The molecule has 1 aromatic heterocycles. The Morgan fingerprint density at radius 1 is 1.07 bits per heavy atom. The van der Waals surface area contributed by atoms with Crippen molar-refractivity contribution in [2.24, 2.45) is 0 Å². The zero-order chi connectivity index (χ0) is 19.3. The minimum atomic E-state index is -0.0535. The van der Waals surface area contributed by atoms with Crippen molar-refractivity contribution in [1.82, 2.24) is 4.98 Å². The summed E-state index contributed by atoms with van der Waals surface area (Å²) in [6, 6.07) is 19.0.